The number of carboxylic acid groups (broad SMARTS) is 1. The van der Waals surface area contributed by atoms with E-state index in [1.807, 2.05) is 24.3 Å². The van der Waals surface area contributed by atoms with Crippen LogP contribution in [0.4, 0.5) is 0 Å². The zero-order valence-electron chi connectivity index (χ0n) is 11.9. The van der Waals surface area contributed by atoms with Crippen LogP contribution in [0, 0.1) is 0 Å². The number of rotatable bonds is 5. The van der Waals surface area contributed by atoms with Crippen molar-refractivity contribution in [3.8, 4) is 0 Å². The van der Waals surface area contributed by atoms with Crippen LogP contribution in [0.3, 0.4) is 0 Å². The van der Waals surface area contributed by atoms with E-state index >= 15 is 0 Å². The molecule has 23 heavy (non-hydrogen) atoms. The van der Waals surface area contributed by atoms with Crippen molar-refractivity contribution in [2.45, 2.75) is 10.8 Å². The molecule has 0 unspecified atom stereocenters. The molecule has 0 bridgehead atoms. The highest BCUT2D eigenvalue weighted by molar-refractivity contribution is 7.91. The monoisotopic (exact) mass is 347 g/mol. The van der Waals surface area contributed by atoms with Crippen molar-refractivity contribution in [1.82, 2.24) is 4.72 Å². The van der Waals surface area contributed by atoms with Gasteiger partial charge in [0.25, 0.3) is 0 Å². The number of carbonyl (C=O) groups is 1. The van der Waals surface area contributed by atoms with Crippen LogP contribution in [0.5, 0.6) is 0 Å². The molecule has 0 amide bonds. The predicted octanol–water partition coefficient (Wildman–Crippen LogP) is 3.08. The first-order valence-electron chi connectivity index (χ1n) is 6.76. The summed E-state index contributed by atoms with van der Waals surface area (Å²) in [5, 5.41) is 9.84. The average molecular weight is 347 g/mol. The van der Waals surface area contributed by atoms with Gasteiger partial charge in [-0.05, 0) is 35.2 Å². The van der Waals surface area contributed by atoms with E-state index in [2.05, 4.69) is 4.72 Å². The average Bonchev–Trinajstić information content (AvgIpc) is 2.98. The predicted molar refractivity (Wildman–Crippen MR) is 89.3 cm³/mol. The van der Waals surface area contributed by atoms with E-state index < -0.39 is 16.0 Å². The molecule has 0 saturated heterocycles. The van der Waals surface area contributed by atoms with Crippen molar-refractivity contribution < 1.29 is 18.3 Å². The first-order chi connectivity index (χ1) is 11.0. The van der Waals surface area contributed by atoms with E-state index in [-0.39, 0.29) is 16.3 Å². The Hall–Kier alpha value is -2.22. The van der Waals surface area contributed by atoms with Gasteiger partial charge in [0.15, 0.2) is 0 Å². The van der Waals surface area contributed by atoms with Gasteiger partial charge in [0.2, 0.25) is 10.0 Å². The van der Waals surface area contributed by atoms with Crippen molar-refractivity contribution >= 4 is 37.4 Å². The molecule has 0 aliphatic rings. The van der Waals surface area contributed by atoms with Crippen LogP contribution in [0.25, 0.3) is 10.1 Å². The Bertz CT molecular complexity index is 943. The van der Waals surface area contributed by atoms with Crippen molar-refractivity contribution in [2.75, 3.05) is 0 Å². The van der Waals surface area contributed by atoms with Crippen LogP contribution in [0.1, 0.15) is 15.9 Å². The van der Waals surface area contributed by atoms with Crippen molar-refractivity contribution in [3.63, 3.8) is 0 Å². The molecular weight excluding hydrogens is 334 g/mol. The highest BCUT2D eigenvalue weighted by Gasteiger charge is 2.17. The minimum absolute atomic E-state index is 0.0394. The molecule has 5 nitrogen and oxygen atoms in total. The number of thiophene rings is 1. The summed E-state index contributed by atoms with van der Waals surface area (Å²) in [5.41, 5.74) is 0.721. The molecule has 0 aliphatic heterocycles. The fraction of sp³-hybridized carbons (Fsp3) is 0.0625. The zero-order valence-corrected chi connectivity index (χ0v) is 13.5. The SMILES string of the molecule is O=C(O)c1cccc(CNS(=O)(=O)c2cc3ccccc3s2)c1. The molecule has 7 heteroatoms. The molecule has 0 aliphatic carbocycles. The normalized spacial score (nSPS) is 11.7. The third kappa shape index (κ3) is 3.42. The lowest BCUT2D eigenvalue weighted by Crippen LogP contribution is -2.22. The quantitative estimate of drug-likeness (QED) is 0.743. The molecule has 1 heterocycles. The summed E-state index contributed by atoms with van der Waals surface area (Å²) < 4.78 is 28.4. The Kier molecular flexibility index (Phi) is 4.16. The van der Waals surface area contributed by atoms with E-state index in [9.17, 15) is 13.2 Å². The van der Waals surface area contributed by atoms with E-state index in [4.69, 9.17) is 5.11 Å². The zero-order chi connectivity index (χ0) is 16.4. The number of hydrogen-bond donors (Lipinski definition) is 2. The molecule has 2 aromatic carbocycles. The number of hydrogen-bond acceptors (Lipinski definition) is 4. The summed E-state index contributed by atoms with van der Waals surface area (Å²) >= 11 is 1.20. The highest BCUT2D eigenvalue weighted by atomic mass is 32.2. The largest absolute Gasteiger partial charge is 0.478 e. The van der Waals surface area contributed by atoms with E-state index in [0.29, 0.717) is 5.56 Å². The second-order valence-electron chi connectivity index (χ2n) is 4.93. The van der Waals surface area contributed by atoms with Crippen molar-refractivity contribution in [1.29, 1.82) is 0 Å². The summed E-state index contributed by atoms with van der Waals surface area (Å²) in [5.74, 6) is -1.04. The second kappa shape index (κ2) is 6.11. The fourth-order valence-corrected chi connectivity index (χ4v) is 4.61. The van der Waals surface area contributed by atoms with Gasteiger partial charge >= 0.3 is 5.97 Å². The molecule has 0 fully saturated rings. The molecule has 0 radical (unpaired) electrons. The maximum absolute atomic E-state index is 12.4. The van der Waals surface area contributed by atoms with Crippen LogP contribution < -0.4 is 4.72 Å². The van der Waals surface area contributed by atoms with Gasteiger partial charge in [-0.1, -0.05) is 30.3 Å². The number of nitrogens with one attached hydrogen (secondary N) is 1. The maximum atomic E-state index is 12.4. The van der Waals surface area contributed by atoms with E-state index in [0.717, 1.165) is 10.1 Å². The van der Waals surface area contributed by atoms with Gasteiger partial charge in [-0.3, -0.25) is 0 Å². The Balaban J connectivity index is 1.81. The Morgan fingerprint density at radius 2 is 1.87 bits per heavy atom. The summed E-state index contributed by atoms with van der Waals surface area (Å²) in [7, 11) is -3.63. The lowest BCUT2D eigenvalue weighted by molar-refractivity contribution is 0.0696. The molecule has 0 spiro atoms. The van der Waals surface area contributed by atoms with Gasteiger partial charge in [0.1, 0.15) is 4.21 Å². The Morgan fingerprint density at radius 1 is 1.09 bits per heavy atom. The summed E-state index contributed by atoms with van der Waals surface area (Å²) in [6.07, 6.45) is 0. The minimum atomic E-state index is -3.63. The van der Waals surface area contributed by atoms with Gasteiger partial charge in [0, 0.05) is 11.2 Å². The molecule has 2 N–H and O–H groups in total. The van der Waals surface area contributed by atoms with Crippen LogP contribution in [-0.2, 0) is 16.6 Å². The molecule has 3 aromatic rings. The lowest BCUT2D eigenvalue weighted by atomic mass is 10.1. The van der Waals surface area contributed by atoms with Crippen LogP contribution in [0.2, 0.25) is 0 Å². The number of fused-ring (bicyclic) bond motifs is 1. The smallest absolute Gasteiger partial charge is 0.335 e. The topological polar surface area (TPSA) is 83.5 Å². The summed E-state index contributed by atoms with van der Waals surface area (Å²) in [6.45, 7) is 0.0394. The molecule has 0 atom stereocenters. The number of benzene rings is 2. The lowest BCUT2D eigenvalue weighted by Gasteiger charge is -2.05. The third-order valence-electron chi connectivity index (χ3n) is 3.31. The molecule has 0 saturated carbocycles. The second-order valence-corrected chi connectivity index (χ2v) is 8.01. The standard InChI is InChI=1S/C16H13NO4S2/c18-16(19)13-6-3-4-11(8-13)10-17-23(20,21)15-9-12-5-1-2-7-14(12)22-15/h1-9,17H,10H2,(H,18,19). The van der Waals surface area contributed by atoms with E-state index in [1.165, 1.54) is 23.5 Å². The minimum Gasteiger partial charge on any atom is -0.478 e. The Morgan fingerprint density at radius 3 is 2.61 bits per heavy atom. The summed E-state index contributed by atoms with van der Waals surface area (Å²) in [6, 6.07) is 15.3. The van der Waals surface area contributed by atoms with Crippen molar-refractivity contribution in [2.24, 2.45) is 0 Å². The number of carboxylic acids is 1. The van der Waals surface area contributed by atoms with Gasteiger partial charge < -0.3 is 5.11 Å². The Labute approximate surface area is 137 Å². The highest BCUT2D eigenvalue weighted by Crippen LogP contribution is 2.28. The van der Waals surface area contributed by atoms with Gasteiger partial charge in [-0.25, -0.2) is 17.9 Å². The van der Waals surface area contributed by atoms with Crippen LogP contribution in [0.15, 0.2) is 58.8 Å². The third-order valence-corrected chi connectivity index (χ3v) is 6.30. The maximum Gasteiger partial charge on any atom is 0.335 e. The first kappa shape index (κ1) is 15.7. The van der Waals surface area contributed by atoms with Gasteiger partial charge in [-0.2, -0.15) is 0 Å². The van der Waals surface area contributed by atoms with Gasteiger partial charge in [-0.15, -0.1) is 11.3 Å². The molecule has 1 aromatic heterocycles. The molecular formula is C16H13NO4S2. The number of sulfonamides is 1. The molecule has 118 valence electrons. The summed E-state index contributed by atoms with van der Waals surface area (Å²) in [4.78, 5) is 10.9. The van der Waals surface area contributed by atoms with Crippen LogP contribution in [-0.4, -0.2) is 19.5 Å². The van der Waals surface area contributed by atoms with E-state index in [1.54, 1.807) is 18.2 Å². The molecule has 3 rings (SSSR count). The van der Waals surface area contributed by atoms with Crippen LogP contribution >= 0.6 is 11.3 Å². The first-order valence-corrected chi connectivity index (χ1v) is 9.06. The van der Waals surface area contributed by atoms with Gasteiger partial charge in [0.05, 0.1) is 5.56 Å². The number of aromatic carboxylic acids is 1. The fourth-order valence-electron chi connectivity index (χ4n) is 2.15. The van der Waals surface area contributed by atoms with Crippen molar-refractivity contribution in [3.05, 3.63) is 65.7 Å².